The molecule has 4 atom stereocenters. The predicted octanol–water partition coefficient (Wildman–Crippen LogP) is 8.66. The number of piperidine rings is 2. The first-order valence-corrected chi connectivity index (χ1v) is 14.4. The van der Waals surface area contributed by atoms with Gasteiger partial charge in [-0.2, -0.15) is 52.7 Å². The van der Waals surface area contributed by atoms with Crippen LogP contribution in [0.1, 0.15) is 59.8 Å². The number of likely N-dealkylation sites (tertiary alicyclic amines) is 2. The van der Waals surface area contributed by atoms with E-state index < -0.39 is 73.0 Å². The molecule has 0 bridgehead atoms. The minimum Gasteiger partial charge on any atom is -0.353 e. The molecule has 2 aliphatic rings. The second-order valence-electron chi connectivity index (χ2n) is 11.6. The third-order valence-corrected chi connectivity index (χ3v) is 8.29. The molecule has 0 radical (unpaired) electrons. The van der Waals surface area contributed by atoms with Crippen LogP contribution in [0.2, 0.25) is 0 Å². The molecule has 0 amide bonds. The van der Waals surface area contributed by atoms with Gasteiger partial charge < -0.3 is 4.74 Å². The summed E-state index contributed by atoms with van der Waals surface area (Å²) in [6.45, 7) is -1.91. The zero-order valence-corrected chi connectivity index (χ0v) is 23.8. The molecule has 0 N–H and O–H groups in total. The summed E-state index contributed by atoms with van der Waals surface area (Å²) in [5.74, 6) is -1.12. The van der Waals surface area contributed by atoms with Crippen molar-refractivity contribution in [2.75, 3.05) is 39.3 Å². The zero-order valence-electron chi connectivity index (χ0n) is 23.8. The summed E-state index contributed by atoms with van der Waals surface area (Å²) in [5, 5.41) is 0. The first-order valence-electron chi connectivity index (χ1n) is 14.4. The highest BCUT2D eigenvalue weighted by molar-refractivity contribution is 5.30. The second-order valence-corrected chi connectivity index (χ2v) is 11.6. The van der Waals surface area contributed by atoms with E-state index in [0.29, 0.717) is 25.7 Å². The number of benzene rings is 2. The molecule has 2 aromatic carbocycles. The van der Waals surface area contributed by atoms with Crippen LogP contribution in [0.3, 0.4) is 0 Å². The Morgan fingerprint density at radius 3 is 1.31 bits per heavy atom. The maximum absolute atomic E-state index is 14.1. The van der Waals surface area contributed by atoms with Gasteiger partial charge in [0.25, 0.3) is 0 Å². The van der Waals surface area contributed by atoms with Crippen LogP contribution in [0.15, 0.2) is 48.5 Å². The van der Waals surface area contributed by atoms with Gasteiger partial charge in [0.05, 0.1) is 11.1 Å². The average molecular weight is 665 g/mol. The van der Waals surface area contributed by atoms with E-state index in [4.69, 9.17) is 4.74 Å². The largest absolute Gasteiger partial charge is 0.416 e. The fourth-order valence-electron chi connectivity index (χ4n) is 6.04. The standard InChI is InChI=1S/C30H32F12N2O/c31-27(32,33)23-9-1-5-19(13-23)21-7-3-11-43(15-21)17-25(29(37,38)39)45-26(30(40,41)42)18-44-12-4-8-22(16-44)20-6-2-10-24(14-20)28(34,35)36/h1-2,5-6,9-10,13-14,21-22,25-26H,3-4,7-8,11-12,15-18H2/t21-,22-,25-,26-/m0/s1. The van der Waals surface area contributed by atoms with Gasteiger partial charge in [-0.1, -0.05) is 36.4 Å². The van der Waals surface area contributed by atoms with Crippen LogP contribution in [0, 0.1) is 0 Å². The molecular weight excluding hydrogens is 632 g/mol. The lowest BCUT2D eigenvalue weighted by atomic mass is 9.89. The number of hydrogen-bond donors (Lipinski definition) is 0. The molecule has 0 spiro atoms. The van der Waals surface area contributed by atoms with Crippen molar-refractivity contribution in [3.8, 4) is 0 Å². The molecular formula is C30H32F12N2O. The van der Waals surface area contributed by atoms with Crippen molar-refractivity contribution in [1.29, 1.82) is 0 Å². The van der Waals surface area contributed by atoms with E-state index in [2.05, 4.69) is 0 Å². The fraction of sp³-hybridized carbons (Fsp3) is 0.600. The van der Waals surface area contributed by atoms with Crippen LogP contribution in [-0.2, 0) is 17.1 Å². The Hall–Kier alpha value is -2.52. The summed E-state index contributed by atoms with van der Waals surface area (Å²) in [6.07, 6.45) is -23.9. The molecule has 2 heterocycles. The molecule has 2 fully saturated rings. The van der Waals surface area contributed by atoms with Gasteiger partial charge in [-0.25, -0.2) is 0 Å². The normalized spacial score (nSPS) is 22.8. The van der Waals surface area contributed by atoms with Gasteiger partial charge in [-0.05, 0) is 73.9 Å². The number of hydrogen-bond acceptors (Lipinski definition) is 3. The topological polar surface area (TPSA) is 15.7 Å². The molecule has 4 rings (SSSR count). The van der Waals surface area contributed by atoms with Crippen LogP contribution in [0.4, 0.5) is 52.7 Å². The number of rotatable bonds is 8. The third-order valence-electron chi connectivity index (χ3n) is 8.29. The van der Waals surface area contributed by atoms with E-state index >= 15 is 0 Å². The molecule has 0 aromatic heterocycles. The van der Waals surface area contributed by atoms with Gasteiger partial charge in [-0.3, -0.25) is 9.80 Å². The van der Waals surface area contributed by atoms with Crippen molar-refractivity contribution in [2.45, 2.75) is 74.4 Å². The highest BCUT2D eigenvalue weighted by atomic mass is 19.4. The molecule has 2 aliphatic heterocycles. The second kappa shape index (κ2) is 13.7. The van der Waals surface area contributed by atoms with Gasteiger partial charge in [0, 0.05) is 26.2 Å². The lowest BCUT2D eigenvalue weighted by Crippen LogP contribution is -2.52. The predicted molar refractivity (Wildman–Crippen MR) is 140 cm³/mol. The summed E-state index contributed by atoms with van der Waals surface area (Å²) in [7, 11) is 0. The Morgan fingerprint density at radius 2 is 0.978 bits per heavy atom. The van der Waals surface area contributed by atoms with Crippen LogP contribution in [0.25, 0.3) is 0 Å². The van der Waals surface area contributed by atoms with E-state index in [1.807, 2.05) is 0 Å². The van der Waals surface area contributed by atoms with Gasteiger partial charge in [-0.15, -0.1) is 0 Å². The summed E-state index contributed by atoms with van der Waals surface area (Å²) in [4.78, 5) is 2.51. The SMILES string of the molecule is FC(F)(F)c1cccc([C@H]2CCCN(C[C@H](O[C@@H](CN3CCC[C@H](c4cccc(C(F)(F)F)c4)C3)C(F)(F)F)C(F)(F)F)C2)c1. The van der Waals surface area contributed by atoms with Crippen LogP contribution in [0.5, 0.6) is 0 Å². The Kier molecular flexibility index (Phi) is 10.7. The highest BCUT2D eigenvalue weighted by Crippen LogP contribution is 2.37. The number of halogens is 12. The number of ether oxygens (including phenoxy) is 1. The molecule has 0 aliphatic carbocycles. The number of alkyl halides is 12. The average Bonchev–Trinajstić information content (AvgIpc) is 2.95. The maximum Gasteiger partial charge on any atom is 0.416 e. The summed E-state index contributed by atoms with van der Waals surface area (Å²) < 4.78 is 168. The van der Waals surface area contributed by atoms with Crippen molar-refractivity contribution in [2.24, 2.45) is 0 Å². The Bertz CT molecular complexity index is 1160. The van der Waals surface area contributed by atoms with Crippen LogP contribution >= 0.6 is 0 Å². The van der Waals surface area contributed by atoms with Crippen molar-refractivity contribution >= 4 is 0 Å². The summed E-state index contributed by atoms with van der Waals surface area (Å²) >= 11 is 0. The van der Waals surface area contributed by atoms with Crippen LogP contribution < -0.4 is 0 Å². The fourth-order valence-corrected chi connectivity index (χ4v) is 6.04. The van der Waals surface area contributed by atoms with E-state index in [0.717, 1.165) is 24.3 Å². The first kappa shape index (κ1) is 35.3. The van der Waals surface area contributed by atoms with E-state index in [9.17, 15) is 52.7 Å². The Morgan fingerprint density at radius 1 is 0.600 bits per heavy atom. The van der Waals surface area contributed by atoms with Gasteiger partial charge in [0.1, 0.15) is 0 Å². The monoisotopic (exact) mass is 664 g/mol. The molecule has 2 aromatic rings. The van der Waals surface area contributed by atoms with Crippen molar-refractivity contribution in [3.63, 3.8) is 0 Å². The third kappa shape index (κ3) is 9.74. The van der Waals surface area contributed by atoms with Gasteiger partial charge >= 0.3 is 24.7 Å². The van der Waals surface area contributed by atoms with E-state index in [1.54, 1.807) is 0 Å². The minimum atomic E-state index is -5.19. The Labute approximate surface area is 252 Å². The quantitative estimate of drug-likeness (QED) is 0.263. The highest BCUT2D eigenvalue weighted by Gasteiger charge is 2.50. The molecule has 0 saturated carbocycles. The van der Waals surface area contributed by atoms with Gasteiger partial charge in [0.2, 0.25) is 0 Å². The number of nitrogens with zero attached hydrogens (tertiary/aromatic N) is 2. The minimum absolute atomic E-state index is 0.0902. The van der Waals surface area contributed by atoms with Crippen LogP contribution in [-0.4, -0.2) is 73.6 Å². The summed E-state index contributed by atoms with van der Waals surface area (Å²) in [6, 6.07) is 8.87. The summed E-state index contributed by atoms with van der Waals surface area (Å²) in [5.41, 5.74) is -1.27. The lowest BCUT2D eigenvalue weighted by molar-refractivity contribution is -0.290. The maximum atomic E-state index is 14.1. The smallest absolute Gasteiger partial charge is 0.353 e. The first-order chi connectivity index (χ1) is 20.8. The Balaban J connectivity index is 1.45. The molecule has 2 saturated heterocycles. The molecule has 45 heavy (non-hydrogen) atoms. The van der Waals surface area contributed by atoms with E-state index in [-0.39, 0.29) is 37.3 Å². The van der Waals surface area contributed by atoms with Crippen molar-refractivity contribution < 1.29 is 57.4 Å². The van der Waals surface area contributed by atoms with Crippen molar-refractivity contribution in [1.82, 2.24) is 9.80 Å². The van der Waals surface area contributed by atoms with Gasteiger partial charge in [0.15, 0.2) is 12.2 Å². The molecule has 0 unspecified atom stereocenters. The molecule has 15 heteroatoms. The molecule has 3 nitrogen and oxygen atoms in total. The lowest BCUT2D eigenvalue weighted by Gasteiger charge is -2.39. The van der Waals surface area contributed by atoms with Crippen molar-refractivity contribution in [3.05, 3.63) is 70.8 Å². The van der Waals surface area contributed by atoms with E-state index in [1.165, 1.54) is 34.1 Å². The zero-order chi connectivity index (χ0) is 33.2. The molecule has 252 valence electrons.